The number of amides is 1. The van der Waals surface area contributed by atoms with E-state index in [1.54, 1.807) is 0 Å². The smallest absolute Gasteiger partial charge is 0.243 e. The number of piperazine rings is 1. The van der Waals surface area contributed by atoms with Crippen molar-refractivity contribution in [2.24, 2.45) is 5.41 Å². The van der Waals surface area contributed by atoms with Gasteiger partial charge in [-0.25, -0.2) is 3.11 Å². The van der Waals surface area contributed by atoms with Gasteiger partial charge in [0, 0.05) is 49.0 Å². The van der Waals surface area contributed by atoms with Crippen LogP contribution in [-0.2, 0) is 4.79 Å². The van der Waals surface area contributed by atoms with Crippen molar-refractivity contribution in [1.82, 2.24) is 8.01 Å². The van der Waals surface area contributed by atoms with E-state index in [9.17, 15) is 4.79 Å². The van der Waals surface area contributed by atoms with E-state index >= 15 is 0 Å². The first-order valence-electron chi connectivity index (χ1n) is 4.79. The fourth-order valence-electron chi connectivity index (χ4n) is 1.69. The molecule has 0 aromatic rings. The molecule has 2 aliphatic rings. The lowest BCUT2D eigenvalue weighted by molar-refractivity contribution is -0.135. The summed E-state index contributed by atoms with van der Waals surface area (Å²) in [6.07, 6.45) is 1.51. The van der Waals surface area contributed by atoms with Crippen LogP contribution in [0.5, 0.6) is 0 Å². The maximum atomic E-state index is 11.9. The molecule has 2 fully saturated rings. The average Bonchev–Trinajstić information content (AvgIpc) is 2.99. The van der Waals surface area contributed by atoms with Gasteiger partial charge in [0.2, 0.25) is 5.91 Å². The molecule has 0 N–H and O–H groups in total. The van der Waals surface area contributed by atoms with Gasteiger partial charge in [0.05, 0.1) is 6.07 Å². The van der Waals surface area contributed by atoms with Crippen LogP contribution in [0.3, 0.4) is 0 Å². The van der Waals surface area contributed by atoms with Crippen LogP contribution in [0.25, 0.3) is 0 Å². The van der Waals surface area contributed by atoms with E-state index in [4.69, 9.17) is 5.26 Å². The molecular formula is C9H12IN3O. The fourth-order valence-corrected chi connectivity index (χ4v) is 2.12. The van der Waals surface area contributed by atoms with Gasteiger partial charge in [0.15, 0.2) is 0 Å². The van der Waals surface area contributed by atoms with E-state index in [0.717, 1.165) is 39.0 Å². The SMILES string of the molecule is N#CC1(C(=O)N2CCN(I)CC2)CC1. The Morgan fingerprint density at radius 1 is 1.29 bits per heavy atom. The molecule has 2 rings (SSSR count). The highest BCUT2D eigenvalue weighted by molar-refractivity contribution is 14.1. The summed E-state index contributed by atoms with van der Waals surface area (Å²) in [4.78, 5) is 13.7. The average molecular weight is 305 g/mol. The Hall–Kier alpha value is -0.350. The molecule has 0 bridgehead atoms. The van der Waals surface area contributed by atoms with E-state index in [0.29, 0.717) is 0 Å². The Bertz CT molecular complexity index is 287. The number of nitriles is 1. The first-order valence-corrected chi connectivity index (χ1v) is 5.76. The van der Waals surface area contributed by atoms with E-state index in [-0.39, 0.29) is 5.91 Å². The third-order valence-corrected chi connectivity index (χ3v) is 3.85. The van der Waals surface area contributed by atoms with Gasteiger partial charge in [-0.2, -0.15) is 5.26 Å². The topological polar surface area (TPSA) is 47.3 Å². The quantitative estimate of drug-likeness (QED) is 0.531. The molecule has 0 spiro atoms. The summed E-state index contributed by atoms with van der Waals surface area (Å²) < 4.78 is 2.17. The zero-order valence-corrected chi connectivity index (χ0v) is 10.0. The summed E-state index contributed by atoms with van der Waals surface area (Å²) >= 11 is 2.27. The lowest BCUT2D eigenvalue weighted by atomic mass is 10.1. The number of carbonyl (C=O) groups excluding carboxylic acids is 1. The van der Waals surface area contributed by atoms with Gasteiger partial charge in [-0.05, 0) is 12.8 Å². The van der Waals surface area contributed by atoms with Gasteiger partial charge in [0.1, 0.15) is 5.41 Å². The molecule has 0 unspecified atom stereocenters. The maximum Gasteiger partial charge on any atom is 0.243 e. The van der Waals surface area contributed by atoms with Crippen molar-refractivity contribution in [2.45, 2.75) is 12.8 Å². The van der Waals surface area contributed by atoms with Gasteiger partial charge in [0.25, 0.3) is 0 Å². The summed E-state index contributed by atoms with van der Waals surface area (Å²) in [5.74, 6) is 0.0597. The van der Waals surface area contributed by atoms with Gasteiger partial charge < -0.3 is 4.90 Å². The molecule has 1 saturated carbocycles. The molecule has 0 atom stereocenters. The molecule has 76 valence electrons. The van der Waals surface area contributed by atoms with E-state index < -0.39 is 5.41 Å². The van der Waals surface area contributed by atoms with Crippen molar-refractivity contribution in [3.63, 3.8) is 0 Å². The molecule has 0 radical (unpaired) electrons. The van der Waals surface area contributed by atoms with Crippen molar-refractivity contribution < 1.29 is 4.79 Å². The second-order valence-corrected chi connectivity index (χ2v) is 5.26. The molecule has 0 aromatic heterocycles. The largest absolute Gasteiger partial charge is 0.339 e. The molecule has 5 heteroatoms. The maximum absolute atomic E-state index is 11.9. The lowest BCUT2D eigenvalue weighted by Crippen LogP contribution is -2.47. The van der Waals surface area contributed by atoms with Gasteiger partial charge in [-0.15, -0.1) is 0 Å². The van der Waals surface area contributed by atoms with Crippen LogP contribution in [0.4, 0.5) is 0 Å². The second-order valence-electron chi connectivity index (χ2n) is 3.90. The van der Waals surface area contributed by atoms with Crippen LogP contribution < -0.4 is 0 Å². The number of halogens is 1. The Morgan fingerprint density at radius 2 is 1.86 bits per heavy atom. The second kappa shape index (κ2) is 3.66. The van der Waals surface area contributed by atoms with Crippen molar-refractivity contribution in [3.8, 4) is 6.07 Å². The van der Waals surface area contributed by atoms with Crippen LogP contribution in [0, 0.1) is 16.7 Å². The van der Waals surface area contributed by atoms with Crippen molar-refractivity contribution >= 4 is 28.8 Å². The first kappa shape index (κ1) is 10.2. The highest BCUT2D eigenvalue weighted by Crippen LogP contribution is 2.46. The summed E-state index contributed by atoms with van der Waals surface area (Å²) in [6, 6.07) is 2.15. The fraction of sp³-hybridized carbons (Fsp3) is 0.778. The number of carbonyl (C=O) groups is 1. The van der Waals surface area contributed by atoms with E-state index in [1.807, 2.05) is 4.90 Å². The molecule has 1 aliphatic heterocycles. The third-order valence-electron chi connectivity index (χ3n) is 2.89. The summed E-state index contributed by atoms with van der Waals surface area (Å²) in [5, 5.41) is 8.90. The summed E-state index contributed by atoms with van der Waals surface area (Å²) in [5.41, 5.74) is -0.632. The molecule has 1 heterocycles. The molecule has 0 aromatic carbocycles. The lowest BCUT2D eigenvalue weighted by Gasteiger charge is -2.32. The predicted molar refractivity (Wildman–Crippen MR) is 59.5 cm³/mol. The van der Waals surface area contributed by atoms with Crippen molar-refractivity contribution in [1.29, 1.82) is 5.26 Å². The summed E-state index contributed by atoms with van der Waals surface area (Å²) in [7, 11) is 0. The normalized spacial score (nSPS) is 25.6. The minimum absolute atomic E-state index is 0.0597. The van der Waals surface area contributed by atoms with Crippen LogP contribution in [0.15, 0.2) is 0 Å². The zero-order chi connectivity index (χ0) is 10.2. The minimum atomic E-state index is -0.632. The van der Waals surface area contributed by atoms with Gasteiger partial charge >= 0.3 is 0 Å². The third kappa shape index (κ3) is 1.73. The molecule has 1 aliphatic carbocycles. The first-order chi connectivity index (χ1) is 6.68. The predicted octanol–water partition coefficient (Wildman–Crippen LogP) is 0.784. The van der Waals surface area contributed by atoms with Crippen molar-refractivity contribution in [3.05, 3.63) is 0 Å². The van der Waals surface area contributed by atoms with Gasteiger partial charge in [-0.3, -0.25) is 4.79 Å². The standard InChI is InChI=1S/C9H12IN3O/c10-13-5-3-12(4-6-13)8(14)9(7-11)1-2-9/h1-6H2. The Labute approximate surface area is 97.3 Å². The van der Waals surface area contributed by atoms with E-state index in [1.165, 1.54) is 0 Å². The molecule has 1 saturated heterocycles. The van der Waals surface area contributed by atoms with Crippen LogP contribution in [0.2, 0.25) is 0 Å². The van der Waals surface area contributed by atoms with E-state index in [2.05, 4.69) is 32.0 Å². The molecule has 1 amide bonds. The van der Waals surface area contributed by atoms with Crippen LogP contribution in [-0.4, -0.2) is 40.1 Å². The molecule has 14 heavy (non-hydrogen) atoms. The highest BCUT2D eigenvalue weighted by atomic mass is 127. The van der Waals surface area contributed by atoms with Crippen LogP contribution in [0.1, 0.15) is 12.8 Å². The Balaban J connectivity index is 1.97. The number of hydrogen-bond acceptors (Lipinski definition) is 3. The Kier molecular flexibility index (Phi) is 2.66. The van der Waals surface area contributed by atoms with Crippen LogP contribution >= 0.6 is 22.9 Å². The molecular weight excluding hydrogens is 293 g/mol. The minimum Gasteiger partial charge on any atom is -0.339 e. The summed E-state index contributed by atoms with van der Waals surface area (Å²) in [6.45, 7) is 3.36. The number of hydrogen-bond donors (Lipinski definition) is 0. The monoisotopic (exact) mass is 305 g/mol. The number of rotatable bonds is 1. The van der Waals surface area contributed by atoms with Gasteiger partial charge in [-0.1, -0.05) is 0 Å². The number of nitrogens with zero attached hydrogens (tertiary/aromatic N) is 3. The molecule has 4 nitrogen and oxygen atoms in total. The highest BCUT2D eigenvalue weighted by Gasteiger charge is 2.52. The zero-order valence-electron chi connectivity index (χ0n) is 7.87. The van der Waals surface area contributed by atoms with Crippen molar-refractivity contribution in [2.75, 3.05) is 26.2 Å². The Morgan fingerprint density at radius 3 is 2.29 bits per heavy atom.